The van der Waals surface area contributed by atoms with E-state index >= 15 is 8.78 Å². The number of likely N-dealkylation sites (N-methyl/N-ethyl adjacent to an activating group) is 1. The first-order valence-electron chi connectivity index (χ1n) is 17.9. The Labute approximate surface area is 323 Å². The maximum absolute atomic E-state index is 17.5. The lowest BCUT2D eigenvalue weighted by atomic mass is 9.95. The number of fused-ring (bicyclic) bond motifs is 2. The summed E-state index contributed by atoms with van der Waals surface area (Å²) in [5, 5.41) is 32.4. The van der Waals surface area contributed by atoms with Crippen LogP contribution in [-0.4, -0.2) is 109 Å². The van der Waals surface area contributed by atoms with E-state index < -0.39 is 47.9 Å². The minimum absolute atomic E-state index is 0.0116. The van der Waals surface area contributed by atoms with Crippen LogP contribution in [0.3, 0.4) is 0 Å². The number of ether oxygens (including phenoxy) is 2. The van der Waals surface area contributed by atoms with E-state index in [9.17, 15) is 19.9 Å². The number of aliphatic hydroxyl groups excluding tert-OH is 2. The number of nitrogens with zero attached hydrogens (tertiary/aromatic N) is 8. The number of halogens is 4. The molecular weight excluding hydrogens is 759 g/mol. The van der Waals surface area contributed by atoms with Gasteiger partial charge < -0.3 is 30.3 Å². The quantitative estimate of drug-likeness (QED) is 0.153. The van der Waals surface area contributed by atoms with Crippen molar-refractivity contribution in [2.45, 2.75) is 69.4 Å². The second-order valence-corrected chi connectivity index (χ2v) is 16.1. The summed E-state index contributed by atoms with van der Waals surface area (Å²) in [7, 11) is 1.72. The summed E-state index contributed by atoms with van der Waals surface area (Å²) in [5.41, 5.74) is 5.20. The van der Waals surface area contributed by atoms with E-state index in [1.165, 1.54) is 17.0 Å². The summed E-state index contributed by atoms with van der Waals surface area (Å²) in [5.74, 6) is -1.39. The number of alkyl halides is 1. The summed E-state index contributed by atoms with van der Waals surface area (Å²) in [6.07, 6.45) is 3.42. The standard InChI is InChI=1S/C37H39ClF3N9O4S/c1-18(13-47(3)36(52)48-10-8-44-17-48)50-24(19(2)51)15-53-31-27-30(45-35(46-34(27)50)54-16-37-7-4-9-49(37)14-20(39)11-37)29(41)26(28(31)38)21-5-6-23(40)32-25(21)22(12-42)33(43)55-32/h5-6,8,10,17-20,24,36,51-52H,4,7,9,11,13-16,43H2,1-3H3/t18?,19-,20+,24+,36?,37-/m0/s1. The summed E-state index contributed by atoms with van der Waals surface area (Å²) >= 11 is 7.99. The van der Waals surface area contributed by atoms with Crippen molar-refractivity contribution in [3.63, 3.8) is 0 Å². The Morgan fingerprint density at radius 3 is 2.78 bits per heavy atom. The zero-order valence-electron chi connectivity index (χ0n) is 30.2. The zero-order valence-corrected chi connectivity index (χ0v) is 31.8. The van der Waals surface area contributed by atoms with E-state index in [1.807, 2.05) is 13.0 Å². The minimum atomic E-state index is -1.08. The molecule has 2 fully saturated rings. The van der Waals surface area contributed by atoms with E-state index in [0.29, 0.717) is 13.0 Å². The van der Waals surface area contributed by atoms with Crippen LogP contribution in [0.5, 0.6) is 11.8 Å². The molecular formula is C37H39ClF3N9O4S. The molecule has 290 valence electrons. The largest absolute Gasteiger partial charge is 0.489 e. The third kappa shape index (κ3) is 6.19. The summed E-state index contributed by atoms with van der Waals surface area (Å²) in [6.45, 7) is 4.63. The van der Waals surface area contributed by atoms with E-state index in [2.05, 4.69) is 14.9 Å². The van der Waals surface area contributed by atoms with Gasteiger partial charge in [-0.2, -0.15) is 15.2 Å². The summed E-state index contributed by atoms with van der Waals surface area (Å²) in [4.78, 5) is 19.0. The highest BCUT2D eigenvalue weighted by atomic mass is 35.5. The van der Waals surface area contributed by atoms with Crippen LogP contribution >= 0.6 is 22.9 Å². The lowest BCUT2D eigenvalue weighted by Gasteiger charge is -2.40. The molecule has 13 nitrogen and oxygen atoms in total. The molecule has 6 atom stereocenters. The molecule has 0 bridgehead atoms. The number of aromatic nitrogens is 4. The number of nitrogen functional groups attached to an aromatic ring is 1. The predicted molar refractivity (Wildman–Crippen MR) is 202 cm³/mol. The first-order valence-corrected chi connectivity index (χ1v) is 19.1. The van der Waals surface area contributed by atoms with Gasteiger partial charge in [0.15, 0.2) is 17.9 Å². The van der Waals surface area contributed by atoms with E-state index in [-0.39, 0.29) is 91.5 Å². The average Bonchev–Trinajstić information content (AvgIpc) is 3.92. The molecule has 0 saturated carbocycles. The van der Waals surface area contributed by atoms with Crippen molar-refractivity contribution in [3.05, 3.63) is 53.1 Å². The maximum atomic E-state index is 17.5. The highest BCUT2D eigenvalue weighted by Crippen LogP contribution is 2.51. The molecule has 0 amide bonds. The lowest BCUT2D eigenvalue weighted by Crippen LogP contribution is -2.54. The molecule has 3 aliphatic heterocycles. The van der Waals surface area contributed by atoms with Gasteiger partial charge in [-0.15, -0.1) is 11.3 Å². The van der Waals surface area contributed by atoms with Crippen LogP contribution in [0.15, 0.2) is 30.9 Å². The smallest absolute Gasteiger partial charge is 0.319 e. The molecule has 2 unspecified atom stereocenters. The Morgan fingerprint density at radius 1 is 1.25 bits per heavy atom. The molecule has 2 saturated heterocycles. The van der Waals surface area contributed by atoms with Crippen molar-refractivity contribution < 1.29 is 32.9 Å². The molecule has 5 aromatic rings. The Hall–Kier alpha value is -4.44. The molecule has 0 aliphatic carbocycles. The van der Waals surface area contributed by atoms with Crippen molar-refractivity contribution >= 4 is 54.7 Å². The van der Waals surface area contributed by atoms with Crippen molar-refractivity contribution in [2.24, 2.45) is 0 Å². The fraction of sp³-hybridized carbons (Fsp3) is 0.459. The molecule has 0 radical (unpaired) electrons. The monoisotopic (exact) mass is 797 g/mol. The molecule has 0 spiro atoms. The van der Waals surface area contributed by atoms with Crippen molar-refractivity contribution in [1.82, 2.24) is 29.3 Å². The van der Waals surface area contributed by atoms with Gasteiger partial charge in [-0.1, -0.05) is 17.7 Å². The minimum Gasteiger partial charge on any atom is -0.489 e. The second-order valence-electron chi connectivity index (χ2n) is 14.7. The number of anilines is 2. The molecule has 4 N–H and O–H groups in total. The molecule has 6 heterocycles. The molecule has 18 heteroatoms. The zero-order chi connectivity index (χ0) is 38.9. The number of thiophene rings is 1. The SMILES string of the molecule is CC(CN(C)C(O)n1ccnc1)N1c2nc(OC[C@@]34CCCN3C[C@H](F)C4)nc3c(F)c(-c4ccc(F)c5sc(N)c(C#N)c45)c(Cl)c(c23)OC[C@@H]1[C@H](C)O. The number of hydrogen-bond donors (Lipinski definition) is 3. The predicted octanol–water partition coefficient (Wildman–Crippen LogP) is 5.47. The number of nitrogens with two attached hydrogens (primary N) is 1. The van der Waals surface area contributed by atoms with Crippen LogP contribution in [0.1, 0.15) is 45.0 Å². The first-order chi connectivity index (χ1) is 26.3. The number of rotatable bonds is 10. The van der Waals surface area contributed by atoms with Gasteiger partial charge in [-0.3, -0.25) is 14.4 Å². The van der Waals surface area contributed by atoms with Crippen LogP contribution in [0.25, 0.3) is 32.1 Å². The Bertz CT molecular complexity index is 2330. The average molecular weight is 798 g/mol. The van der Waals surface area contributed by atoms with E-state index in [1.54, 1.807) is 36.2 Å². The number of hydrogen-bond acceptors (Lipinski definition) is 13. The third-order valence-corrected chi connectivity index (χ3v) is 12.5. The molecule has 3 aromatic heterocycles. The number of imidazole rings is 1. The molecule has 2 aromatic carbocycles. The van der Waals surface area contributed by atoms with Crippen molar-refractivity contribution in [3.8, 4) is 29.0 Å². The molecule has 55 heavy (non-hydrogen) atoms. The summed E-state index contributed by atoms with van der Waals surface area (Å²) < 4.78 is 61.7. The van der Waals surface area contributed by atoms with Gasteiger partial charge in [0, 0.05) is 48.9 Å². The van der Waals surface area contributed by atoms with E-state index in [4.69, 9.17) is 31.8 Å². The second kappa shape index (κ2) is 14.3. The van der Waals surface area contributed by atoms with E-state index in [0.717, 1.165) is 30.4 Å². The van der Waals surface area contributed by atoms with Gasteiger partial charge in [-0.05, 0) is 51.9 Å². The van der Waals surface area contributed by atoms with Gasteiger partial charge in [0.1, 0.15) is 47.6 Å². The van der Waals surface area contributed by atoms with Crippen LogP contribution in [0, 0.1) is 23.0 Å². The summed E-state index contributed by atoms with van der Waals surface area (Å²) in [6, 6.07) is 3.02. The fourth-order valence-corrected chi connectivity index (χ4v) is 9.84. The number of aliphatic hydroxyl groups is 2. The van der Waals surface area contributed by atoms with Crippen LogP contribution in [-0.2, 0) is 0 Å². The Kier molecular flexibility index (Phi) is 9.71. The van der Waals surface area contributed by atoms with Crippen LogP contribution in [0.4, 0.5) is 24.0 Å². The molecule has 3 aliphatic rings. The van der Waals surface area contributed by atoms with Crippen LogP contribution in [0.2, 0.25) is 5.02 Å². The van der Waals surface area contributed by atoms with Crippen molar-refractivity contribution in [2.75, 3.05) is 50.5 Å². The van der Waals surface area contributed by atoms with Crippen molar-refractivity contribution in [1.29, 1.82) is 5.26 Å². The normalized spacial score (nSPS) is 22.8. The van der Waals surface area contributed by atoms with Gasteiger partial charge >= 0.3 is 6.01 Å². The third-order valence-electron chi connectivity index (χ3n) is 11.1. The number of benzene rings is 2. The Balaban J connectivity index is 1.33. The lowest BCUT2D eigenvalue weighted by molar-refractivity contribution is -0.0422. The number of nitriles is 1. The van der Waals surface area contributed by atoms with Gasteiger partial charge in [0.25, 0.3) is 0 Å². The highest BCUT2D eigenvalue weighted by Gasteiger charge is 2.49. The maximum Gasteiger partial charge on any atom is 0.319 e. The Morgan fingerprint density at radius 2 is 2.05 bits per heavy atom. The topological polar surface area (TPSA) is 162 Å². The highest BCUT2D eigenvalue weighted by molar-refractivity contribution is 7.23. The van der Waals surface area contributed by atoms with Crippen LogP contribution < -0.4 is 20.1 Å². The van der Waals surface area contributed by atoms with Gasteiger partial charge in [0.05, 0.1) is 44.7 Å². The van der Waals surface area contributed by atoms with Gasteiger partial charge in [-0.25, -0.2) is 18.2 Å². The van der Waals surface area contributed by atoms with Gasteiger partial charge in [0.2, 0.25) is 0 Å². The fourth-order valence-electron chi connectivity index (χ4n) is 8.56. The first kappa shape index (κ1) is 37.5. The molecule has 8 rings (SSSR count).